The fourth-order valence-electron chi connectivity index (χ4n) is 2.37. The second-order valence-corrected chi connectivity index (χ2v) is 4.67. The molecule has 6 heteroatoms. The van der Waals surface area contributed by atoms with Gasteiger partial charge in [0.1, 0.15) is 11.8 Å². The van der Waals surface area contributed by atoms with Gasteiger partial charge in [-0.25, -0.2) is 0 Å². The van der Waals surface area contributed by atoms with Gasteiger partial charge in [0.05, 0.1) is 18.7 Å². The van der Waals surface area contributed by atoms with Gasteiger partial charge < -0.3 is 15.2 Å². The minimum atomic E-state index is -0.840. The van der Waals surface area contributed by atoms with Crippen LogP contribution in [0.4, 0.5) is 0 Å². The van der Waals surface area contributed by atoms with Crippen LogP contribution in [0.2, 0.25) is 0 Å². The molecule has 106 valence electrons. The number of hydrogen-bond acceptors (Lipinski definition) is 5. The second-order valence-electron chi connectivity index (χ2n) is 4.67. The van der Waals surface area contributed by atoms with Gasteiger partial charge in [0.15, 0.2) is 0 Å². The molecule has 1 aromatic carbocycles. The van der Waals surface area contributed by atoms with Crippen LogP contribution in [0, 0.1) is 11.3 Å². The number of nitriles is 1. The third kappa shape index (κ3) is 3.07. The summed E-state index contributed by atoms with van der Waals surface area (Å²) in [7, 11) is 1.57. The van der Waals surface area contributed by atoms with Crippen molar-refractivity contribution in [2.45, 2.75) is 12.6 Å². The zero-order chi connectivity index (χ0) is 14.5. The van der Waals surface area contributed by atoms with E-state index in [4.69, 9.17) is 10.00 Å². The van der Waals surface area contributed by atoms with Crippen molar-refractivity contribution >= 4 is 5.97 Å². The summed E-state index contributed by atoms with van der Waals surface area (Å²) >= 11 is 0. The Morgan fingerprint density at radius 3 is 3.10 bits per heavy atom. The van der Waals surface area contributed by atoms with Crippen molar-refractivity contribution in [1.29, 1.82) is 5.26 Å². The first-order valence-electron chi connectivity index (χ1n) is 6.40. The number of benzene rings is 1. The number of nitrogens with one attached hydrogen (secondary N) is 1. The Morgan fingerprint density at radius 2 is 2.45 bits per heavy atom. The van der Waals surface area contributed by atoms with Crippen molar-refractivity contribution in [1.82, 2.24) is 10.2 Å². The molecular weight excluding hydrogens is 258 g/mol. The van der Waals surface area contributed by atoms with Crippen molar-refractivity contribution < 1.29 is 14.6 Å². The lowest BCUT2D eigenvalue weighted by Crippen LogP contribution is -2.54. The summed E-state index contributed by atoms with van der Waals surface area (Å²) in [6.07, 6.45) is 0. The molecule has 1 unspecified atom stereocenters. The quantitative estimate of drug-likeness (QED) is 0.828. The molecule has 0 radical (unpaired) electrons. The van der Waals surface area contributed by atoms with Crippen LogP contribution in [0.25, 0.3) is 0 Å². The van der Waals surface area contributed by atoms with E-state index in [0.29, 0.717) is 30.9 Å². The van der Waals surface area contributed by atoms with Gasteiger partial charge in [-0.1, -0.05) is 0 Å². The molecule has 0 aromatic heterocycles. The zero-order valence-electron chi connectivity index (χ0n) is 11.3. The molecule has 1 fully saturated rings. The average molecular weight is 275 g/mol. The van der Waals surface area contributed by atoms with E-state index in [2.05, 4.69) is 11.4 Å². The Kier molecular flexibility index (Phi) is 4.56. The normalized spacial score (nSPS) is 19.3. The van der Waals surface area contributed by atoms with Crippen molar-refractivity contribution in [2.24, 2.45) is 0 Å². The van der Waals surface area contributed by atoms with E-state index in [1.807, 2.05) is 4.90 Å². The summed E-state index contributed by atoms with van der Waals surface area (Å²) in [6.45, 7) is 2.29. The first-order chi connectivity index (χ1) is 9.65. The van der Waals surface area contributed by atoms with Gasteiger partial charge in [-0.3, -0.25) is 9.69 Å². The van der Waals surface area contributed by atoms with E-state index >= 15 is 0 Å². The maximum atomic E-state index is 11.3. The molecule has 1 saturated heterocycles. The van der Waals surface area contributed by atoms with Gasteiger partial charge in [0, 0.05) is 31.7 Å². The molecule has 0 saturated carbocycles. The molecule has 1 aliphatic rings. The lowest BCUT2D eigenvalue weighted by atomic mass is 10.1. The Bertz CT molecular complexity index is 539. The first kappa shape index (κ1) is 14.3. The SMILES string of the molecule is COc1ccc(C#N)cc1CN1CCNCC1C(=O)O. The smallest absolute Gasteiger partial charge is 0.322 e. The molecular formula is C14H17N3O3. The van der Waals surface area contributed by atoms with Crippen LogP contribution in [0.3, 0.4) is 0 Å². The van der Waals surface area contributed by atoms with Gasteiger partial charge in [0.25, 0.3) is 0 Å². The van der Waals surface area contributed by atoms with E-state index < -0.39 is 12.0 Å². The highest BCUT2D eigenvalue weighted by Gasteiger charge is 2.28. The standard InChI is InChI=1S/C14H17N3O3/c1-20-13-3-2-10(7-15)6-11(13)9-17-5-4-16-8-12(17)14(18)19/h2-3,6,12,16H,4-5,8-9H2,1H3,(H,18,19). The van der Waals surface area contributed by atoms with E-state index in [-0.39, 0.29) is 0 Å². The summed E-state index contributed by atoms with van der Waals surface area (Å²) in [5.41, 5.74) is 1.38. The number of piperazine rings is 1. The predicted molar refractivity (Wildman–Crippen MR) is 72.4 cm³/mol. The molecule has 0 aliphatic carbocycles. The van der Waals surface area contributed by atoms with Crippen LogP contribution in [0.15, 0.2) is 18.2 Å². The molecule has 1 aliphatic heterocycles. The summed E-state index contributed by atoms with van der Waals surface area (Å²) < 4.78 is 5.28. The number of carbonyl (C=O) groups is 1. The second kappa shape index (κ2) is 6.37. The summed E-state index contributed by atoms with van der Waals surface area (Å²) in [5.74, 6) is -0.167. The number of rotatable bonds is 4. The number of carboxylic acids is 1. The number of methoxy groups -OCH3 is 1. The van der Waals surface area contributed by atoms with Crippen molar-refractivity contribution in [3.8, 4) is 11.8 Å². The zero-order valence-corrected chi connectivity index (χ0v) is 11.3. The Hall–Kier alpha value is -2.10. The summed E-state index contributed by atoms with van der Waals surface area (Å²) in [4.78, 5) is 13.2. The monoisotopic (exact) mass is 275 g/mol. The Balaban J connectivity index is 2.23. The van der Waals surface area contributed by atoms with Crippen LogP contribution in [0.5, 0.6) is 5.75 Å². The summed E-state index contributed by atoms with van der Waals surface area (Å²) in [6, 6.07) is 6.71. The molecule has 1 atom stereocenters. The van der Waals surface area contributed by atoms with Crippen LogP contribution < -0.4 is 10.1 Å². The van der Waals surface area contributed by atoms with E-state index in [1.165, 1.54) is 0 Å². The Morgan fingerprint density at radius 1 is 1.65 bits per heavy atom. The van der Waals surface area contributed by atoms with Crippen molar-refractivity contribution in [3.63, 3.8) is 0 Å². The maximum Gasteiger partial charge on any atom is 0.322 e. The maximum absolute atomic E-state index is 11.3. The highest BCUT2D eigenvalue weighted by atomic mass is 16.5. The van der Waals surface area contributed by atoms with Crippen LogP contribution in [0.1, 0.15) is 11.1 Å². The van der Waals surface area contributed by atoms with E-state index in [9.17, 15) is 9.90 Å². The van der Waals surface area contributed by atoms with Crippen molar-refractivity contribution in [2.75, 3.05) is 26.7 Å². The number of hydrogen-bond donors (Lipinski definition) is 2. The van der Waals surface area contributed by atoms with Gasteiger partial charge >= 0.3 is 5.97 Å². The highest BCUT2D eigenvalue weighted by Crippen LogP contribution is 2.22. The number of aliphatic carboxylic acids is 1. The average Bonchev–Trinajstić information content (AvgIpc) is 2.47. The topological polar surface area (TPSA) is 85.6 Å². The van der Waals surface area contributed by atoms with Crippen LogP contribution in [-0.2, 0) is 11.3 Å². The molecule has 1 heterocycles. The number of carboxylic acid groups (broad SMARTS) is 1. The van der Waals surface area contributed by atoms with Gasteiger partial charge in [-0.2, -0.15) is 5.26 Å². The highest BCUT2D eigenvalue weighted by molar-refractivity contribution is 5.74. The number of nitrogens with zero attached hydrogens (tertiary/aromatic N) is 2. The fourth-order valence-corrected chi connectivity index (χ4v) is 2.37. The minimum absolute atomic E-state index is 0.426. The lowest BCUT2D eigenvalue weighted by molar-refractivity contribution is -0.144. The molecule has 1 aromatic rings. The van der Waals surface area contributed by atoms with Gasteiger partial charge in [-0.05, 0) is 18.2 Å². The largest absolute Gasteiger partial charge is 0.496 e. The van der Waals surface area contributed by atoms with Crippen LogP contribution >= 0.6 is 0 Å². The fraction of sp³-hybridized carbons (Fsp3) is 0.429. The molecule has 2 rings (SSSR count). The van der Waals surface area contributed by atoms with Gasteiger partial charge in [0.2, 0.25) is 0 Å². The molecule has 6 nitrogen and oxygen atoms in total. The third-order valence-electron chi connectivity index (χ3n) is 3.42. The minimum Gasteiger partial charge on any atom is -0.496 e. The number of ether oxygens (including phenoxy) is 1. The predicted octanol–water partition coefficient (Wildman–Crippen LogP) is 0.425. The molecule has 0 spiro atoms. The lowest BCUT2D eigenvalue weighted by Gasteiger charge is -2.33. The van der Waals surface area contributed by atoms with Crippen molar-refractivity contribution in [3.05, 3.63) is 29.3 Å². The first-order valence-corrected chi connectivity index (χ1v) is 6.40. The molecule has 20 heavy (non-hydrogen) atoms. The molecule has 2 N–H and O–H groups in total. The molecule has 0 bridgehead atoms. The van der Waals surface area contributed by atoms with Crippen LogP contribution in [-0.4, -0.2) is 48.8 Å². The molecule has 0 amide bonds. The Labute approximate surface area is 117 Å². The van der Waals surface area contributed by atoms with E-state index in [1.54, 1.807) is 25.3 Å². The third-order valence-corrected chi connectivity index (χ3v) is 3.42. The summed E-state index contributed by atoms with van der Waals surface area (Å²) in [5, 5.41) is 21.3. The van der Waals surface area contributed by atoms with Gasteiger partial charge in [-0.15, -0.1) is 0 Å². The van der Waals surface area contributed by atoms with E-state index in [0.717, 1.165) is 12.1 Å².